The van der Waals surface area contributed by atoms with Gasteiger partial charge in [-0.1, -0.05) is 6.07 Å². The third kappa shape index (κ3) is 1.41. The molecule has 0 aliphatic heterocycles. The van der Waals surface area contributed by atoms with Gasteiger partial charge in [-0.05, 0) is 26.0 Å². The molecule has 2 aromatic rings. The van der Waals surface area contributed by atoms with Crippen LogP contribution in [0.5, 0.6) is 6.01 Å². The molecule has 1 aromatic heterocycles. The Labute approximate surface area is 92.0 Å². The third-order valence-electron chi connectivity index (χ3n) is 2.45. The van der Waals surface area contributed by atoms with Crippen molar-refractivity contribution in [1.29, 1.82) is 0 Å². The molecule has 84 valence electrons. The van der Waals surface area contributed by atoms with Gasteiger partial charge in [-0.15, -0.1) is 0 Å². The van der Waals surface area contributed by atoms with Gasteiger partial charge in [0.05, 0.1) is 11.1 Å². The van der Waals surface area contributed by atoms with E-state index >= 15 is 0 Å². The number of aromatic hydroxyl groups is 1. The number of carboxylic acids is 1. The van der Waals surface area contributed by atoms with Crippen LogP contribution in [0.15, 0.2) is 18.2 Å². The molecule has 0 unspecified atom stereocenters. The highest BCUT2D eigenvalue weighted by molar-refractivity contribution is 6.01. The molecule has 0 aliphatic carbocycles. The number of aromatic nitrogens is 2. The van der Waals surface area contributed by atoms with Crippen LogP contribution in [0.4, 0.5) is 0 Å². The number of carboxylic acid groups (broad SMARTS) is 1. The van der Waals surface area contributed by atoms with E-state index < -0.39 is 5.97 Å². The minimum Gasteiger partial charge on any atom is -0.480 e. The second-order valence-corrected chi connectivity index (χ2v) is 3.85. The molecule has 0 fully saturated rings. The summed E-state index contributed by atoms with van der Waals surface area (Å²) < 4.78 is 1.60. The molecule has 1 aromatic carbocycles. The average Bonchev–Trinajstić information content (AvgIpc) is 2.52. The zero-order valence-corrected chi connectivity index (χ0v) is 9.01. The molecule has 16 heavy (non-hydrogen) atoms. The summed E-state index contributed by atoms with van der Waals surface area (Å²) in [7, 11) is 0. The number of carbonyl (C=O) groups is 1. The van der Waals surface area contributed by atoms with Crippen molar-refractivity contribution in [3.63, 3.8) is 0 Å². The van der Waals surface area contributed by atoms with E-state index in [-0.39, 0.29) is 17.6 Å². The van der Waals surface area contributed by atoms with Crippen LogP contribution in [-0.2, 0) is 0 Å². The lowest BCUT2D eigenvalue weighted by Gasteiger charge is -2.08. The highest BCUT2D eigenvalue weighted by Crippen LogP contribution is 2.27. The summed E-state index contributed by atoms with van der Waals surface area (Å²) in [5.41, 5.74) is 1.06. The first-order valence-corrected chi connectivity index (χ1v) is 4.95. The normalized spacial score (nSPS) is 11.2. The van der Waals surface area contributed by atoms with E-state index in [4.69, 9.17) is 5.11 Å². The monoisotopic (exact) mass is 220 g/mol. The quantitative estimate of drug-likeness (QED) is 0.811. The molecule has 1 heterocycles. The number of fused-ring (bicyclic) bond motifs is 1. The summed E-state index contributed by atoms with van der Waals surface area (Å²) in [6, 6.07) is 4.73. The Balaban J connectivity index is 2.83. The van der Waals surface area contributed by atoms with E-state index in [2.05, 4.69) is 4.98 Å². The molecule has 0 atom stereocenters. The molecule has 0 bridgehead atoms. The minimum atomic E-state index is -1.04. The Morgan fingerprint density at radius 2 is 2.12 bits per heavy atom. The zero-order valence-electron chi connectivity index (χ0n) is 9.01. The van der Waals surface area contributed by atoms with E-state index in [0.717, 1.165) is 0 Å². The molecule has 0 radical (unpaired) electrons. The number of aromatic carboxylic acids is 1. The summed E-state index contributed by atoms with van der Waals surface area (Å²) >= 11 is 0. The van der Waals surface area contributed by atoms with Crippen molar-refractivity contribution in [2.24, 2.45) is 0 Å². The van der Waals surface area contributed by atoms with Crippen molar-refractivity contribution in [1.82, 2.24) is 9.55 Å². The van der Waals surface area contributed by atoms with Crippen LogP contribution in [0.25, 0.3) is 11.0 Å². The van der Waals surface area contributed by atoms with Crippen molar-refractivity contribution >= 4 is 17.0 Å². The van der Waals surface area contributed by atoms with Crippen LogP contribution < -0.4 is 0 Å². The standard InChI is InChI=1S/C11H12N2O3/c1-6(2)13-8-5-3-4-7(10(14)15)9(8)12-11(13)16/h3-6H,1-2H3,(H,12,16)(H,14,15). The highest BCUT2D eigenvalue weighted by atomic mass is 16.4. The highest BCUT2D eigenvalue weighted by Gasteiger charge is 2.17. The van der Waals surface area contributed by atoms with E-state index in [9.17, 15) is 9.90 Å². The molecule has 0 saturated heterocycles. The van der Waals surface area contributed by atoms with Gasteiger partial charge in [0, 0.05) is 6.04 Å². The molecule has 0 saturated carbocycles. The van der Waals surface area contributed by atoms with Gasteiger partial charge >= 0.3 is 5.97 Å². The molecule has 2 N–H and O–H groups in total. The first kappa shape index (κ1) is 10.5. The van der Waals surface area contributed by atoms with E-state index in [1.165, 1.54) is 6.07 Å². The summed E-state index contributed by atoms with van der Waals surface area (Å²) in [5.74, 6) is -1.04. The molecule has 0 aliphatic rings. The molecular weight excluding hydrogens is 208 g/mol. The Morgan fingerprint density at radius 3 is 2.69 bits per heavy atom. The Hall–Kier alpha value is -2.04. The number of rotatable bonds is 2. The van der Waals surface area contributed by atoms with Crippen LogP contribution in [-0.4, -0.2) is 25.7 Å². The molecule has 0 amide bonds. The van der Waals surface area contributed by atoms with Crippen LogP contribution in [0.3, 0.4) is 0 Å². The summed E-state index contributed by atoms with van der Waals surface area (Å²) in [5, 5.41) is 18.7. The Morgan fingerprint density at radius 1 is 1.44 bits per heavy atom. The molecule has 0 spiro atoms. The van der Waals surface area contributed by atoms with Crippen LogP contribution in [0.2, 0.25) is 0 Å². The van der Waals surface area contributed by atoms with Gasteiger partial charge < -0.3 is 10.2 Å². The van der Waals surface area contributed by atoms with Crippen molar-refractivity contribution in [2.45, 2.75) is 19.9 Å². The van der Waals surface area contributed by atoms with Gasteiger partial charge in [-0.2, -0.15) is 4.98 Å². The van der Waals surface area contributed by atoms with Gasteiger partial charge in [0.25, 0.3) is 6.01 Å². The van der Waals surface area contributed by atoms with E-state index in [1.807, 2.05) is 13.8 Å². The Kier molecular flexibility index (Phi) is 2.30. The molecule has 5 heteroatoms. The summed E-state index contributed by atoms with van der Waals surface area (Å²) in [4.78, 5) is 14.9. The predicted molar refractivity (Wildman–Crippen MR) is 58.7 cm³/mol. The van der Waals surface area contributed by atoms with Gasteiger partial charge in [0.1, 0.15) is 5.52 Å². The first-order chi connectivity index (χ1) is 7.52. The SMILES string of the molecule is CC(C)n1c(O)nc2c(C(=O)O)cccc21. The van der Waals surface area contributed by atoms with Crippen LogP contribution in [0.1, 0.15) is 30.2 Å². The van der Waals surface area contributed by atoms with Gasteiger partial charge in [-0.3, -0.25) is 4.57 Å². The van der Waals surface area contributed by atoms with Crippen molar-refractivity contribution in [3.05, 3.63) is 23.8 Å². The molecule has 5 nitrogen and oxygen atoms in total. The molecule has 2 rings (SSSR count). The topological polar surface area (TPSA) is 75.3 Å². The van der Waals surface area contributed by atoms with Crippen LogP contribution >= 0.6 is 0 Å². The summed E-state index contributed by atoms with van der Waals surface area (Å²) in [6.45, 7) is 3.79. The number of benzene rings is 1. The third-order valence-corrected chi connectivity index (χ3v) is 2.45. The number of para-hydroxylation sites is 1. The van der Waals surface area contributed by atoms with Crippen molar-refractivity contribution in [2.75, 3.05) is 0 Å². The maximum atomic E-state index is 11.0. The van der Waals surface area contributed by atoms with E-state index in [0.29, 0.717) is 11.0 Å². The smallest absolute Gasteiger partial charge is 0.337 e. The average molecular weight is 220 g/mol. The van der Waals surface area contributed by atoms with Crippen molar-refractivity contribution < 1.29 is 15.0 Å². The number of imidazole rings is 1. The second kappa shape index (κ2) is 3.52. The zero-order chi connectivity index (χ0) is 11.9. The lowest BCUT2D eigenvalue weighted by molar-refractivity contribution is 0.0699. The number of nitrogens with zero attached hydrogens (tertiary/aromatic N) is 2. The minimum absolute atomic E-state index is 0.0223. The lowest BCUT2D eigenvalue weighted by Crippen LogP contribution is -2.00. The van der Waals surface area contributed by atoms with Gasteiger partial charge in [-0.25, -0.2) is 4.79 Å². The number of hydrogen-bond donors (Lipinski definition) is 2. The van der Waals surface area contributed by atoms with E-state index in [1.54, 1.807) is 16.7 Å². The Bertz CT molecular complexity index is 558. The van der Waals surface area contributed by atoms with Crippen LogP contribution in [0, 0.1) is 0 Å². The largest absolute Gasteiger partial charge is 0.480 e. The van der Waals surface area contributed by atoms with Crippen molar-refractivity contribution in [3.8, 4) is 6.01 Å². The lowest BCUT2D eigenvalue weighted by atomic mass is 10.2. The fourth-order valence-corrected chi connectivity index (χ4v) is 1.79. The second-order valence-electron chi connectivity index (χ2n) is 3.85. The maximum Gasteiger partial charge on any atom is 0.337 e. The fraction of sp³-hybridized carbons (Fsp3) is 0.273. The van der Waals surface area contributed by atoms with Gasteiger partial charge in [0.2, 0.25) is 0 Å². The fourth-order valence-electron chi connectivity index (χ4n) is 1.79. The number of hydrogen-bond acceptors (Lipinski definition) is 3. The summed E-state index contributed by atoms with van der Waals surface area (Å²) in [6.07, 6.45) is 0. The predicted octanol–water partition coefficient (Wildman–Crippen LogP) is 2.02. The van der Waals surface area contributed by atoms with Gasteiger partial charge in [0.15, 0.2) is 0 Å². The molecular formula is C11H12N2O3. The first-order valence-electron chi connectivity index (χ1n) is 4.95. The maximum absolute atomic E-state index is 11.0.